The van der Waals surface area contributed by atoms with Crippen LogP contribution in [0.15, 0.2) is 17.2 Å². The van der Waals surface area contributed by atoms with Crippen LogP contribution in [0.3, 0.4) is 0 Å². The maximum Gasteiger partial charge on any atom is 0.328 e. The van der Waals surface area contributed by atoms with Gasteiger partial charge >= 0.3 is 11.7 Å². The van der Waals surface area contributed by atoms with Gasteiger partial charge in [-0.05, 0) is 33.6 Å². The summed E-state index contributed by atoms with van der Waals surface area (Å²) in [6, 6.07) is 0.192. The summed E-state index contributed by atoms with van der Waals surface area (Å²) in [5.41, 5.74) is 0.0420. The molecule has 0 aliphatic rings. The maximum absolute atomic E-state index is 11.9. The van der Waals surface area contributed by atoms with Gasteiger partial charge in [-0.3, -0.25) is 13.9 Å². The van der Waals surface area contributed by atoms with E-state index in [1.165, 1.54) is 0 Å². The van der Waals surface area contributed by atoms with Gasteiger partial charge in [-0.15, -0.1) is 0 Å². The first kappa shape index (κ1) is 15.5. The number of imidazole rings is 1. The monoisotopic (exact) mass is 268 g/mol. The minimum atomic E-state index is -0.134. The molecule has 0 aromatic carbocycles. The standard InChI is InChI=1S/C14H24N2O3/c1-4-19-13(17)8-6-5-7-9-15-10-11-16(12(2)3)14(15)18/h10-12H,4-9H2,1-3H3. The van der Waals surface area contributed by atoms with Gasteiger partial charge in [0.2, 0.25) is 0 Å². The first-order valence-electron chi connectivity index (χ1n) is 6.99. The first-order valence-corrected chi connectivity index (χ1v) is 6.99. The van der Waals surface area contributed by atoms with Crippen molar-refractivity contribution < 1.29 is 9.53 Å². The molecule has 5 nitrogen and oxygen atoms in total. The highest BCUT2D eigenvalue weighted by atomic mass is 16.5. The molecule has 0 aliphatic carbocycles. The van der Waals surface area contributed by atoms with E-state index in [-0.39, 0.29) is 17.7 Å². The Morgan fingerprint density at radius 1 is 1.26 bits per heavy atom. The molecular formula is C14H24N2O3. The summed E-state index contributed by atoms with van der Waals surface area (Å²) in [6.07, 6.45) is 6.77. The van der Waals surface area contributed by atoms with Gasteiger partial charge in [0.1, 0.15) is 0 Å². The van der Waals surface area contributed by atoms with Crippen LogP contribution in [-0.4, -0.2) is 21.7 Å². The van der Waals surface area contributed by atoms with E-state index in [9.17, 15) is 9.59 Å². The summed E-state index contributed by atoms with van der Waals surface area (Å²) in [4.78, 5) is 23.0. The number of aromatic nitrogens is 2. The summed E-state index contributed by atoms with van der Waals surface area (Å²) < 4.78 is 8.31. The minimum absolute atomic E-state index is 0.0420. The van der Waals surface area contributed by atoms with Crippen molar-refractivity contribution in [3.8, 4) is 0 Å². The predicted octanol–water partition coefficient (Wildman–Crippen LogP) is 2.35. The van der Waals surface area contributed by atoms with Crippen LogP contribution in [0.1, 0.15) is 52.5 Å². The molecule has 108 valence electrons. The highest BCUT2D eigenvalue weighted by Crippen LogP contribution is 2.04. The molecule has 1 aromatic heterocycles. The smallest absolute Gasteiger partial charge is 0.328 e. The molecule has 0 saturated heterocycles. The van der Waals surface area contributed by atoms with Gasteiger partial charge in [0.25, 0.3) is 0 Å². The molecule has 0 N–H and O–H groups in total. The Labute approximate surface area is 114 Å². The van der Waals surface area contributed by atoms with Crippen molar-refractivity contribution in [2.24, 2.45) is 0 Å². The van der Waals surface area contributed by atoms with E-state index < -0.39 is 0 Å². The predicted molar refractivity (Wildman–Crippen MR) is 74.2 cm³/mol. The molecule has 0 saturated carbocycles. The van der Waals surface area contributed by atoms with Crippen molar-refractivity contribution >= 4 is 5.97 Å². The summed E-state index contributed by atoms with van der Waals surface area (Å²) >= 11 is 0. The van der Waals surface area contributed by atoms with Crippen LogP contribution in [0.25, 0.3) is 0 Å². The van der Waals surface area contributed by atoms with Crippen molar-refractivity contribution in [1.82, 2.24) is 9.13 Å². The second-order valence-electron chi connectivity index (χ2n) is 4.89. The SMILES string of the molecule is CCOC(=O)CCCCCn1ccn(C(C)C)c1=O. The van der Waals surface area contributed by atoms with Crippen LogP contribution >= 0.6 is 0 Å². The normalized spacial score (nSPS) is 10.9. The van der Waals surface area contributed by atoms with Crippen LogP contribution < -0.4 is 5.69 Å². The van der Waals surface area contributed by atoms with Gasteiger partial charge in [-0.25, -0.2) is 4.79 Å². The Kier molecular flexibility index (Phi) is 6.39. The molecular weight excluding hydrogens is 244 g/mol. The molecule has 0 amide bonds. The van der Waals surface area contributed by atoms with Crippen LogP contribution in [0.4, 0.5) is 0 Å². The van der Waals surface area contributed by atoms with Crippen molar-refractivity contribution in [3.05, 3.63) is 22.9 Å². The Morgan fingerprint density at radius 2 is 2.00 bits per heavy atom. The number of hydrogen-bond donors (Lipinski definition) is 0. The van der Waals surface area contributed by atoms with Gasteiger partial charge < -0.3 is 4.74 Å². The molecule has 0 radical (unpaired) electrons. The fourth-order valence-electron chi connectivity index (χ4n) is 1.95. The first-order chi connectivity index (χ1) is 9.06. The number of aryl methyl sites for hydroxylation is 1. The molecule has 19 heavy (non-hydrogen) atoms. The van der Waals surface area contributed by atoms with E-state index >= 15 is 0 Å². The number of hydrogen-bond acceptors (Lipinski definition) is 3. The lowest BCUT2D eigenvalue weighted by Gasteiger charge is -2.05. The molecule has 5 heteroatoms. The number of nitrogens with zero attached hydrogens (tertiary/aromatic N) is 2. The molecule has 1 aromatic rings. The minimum Gasteiger partial charge on any atom is -0.466 e. The quantitative estimate of drug-likeness (QED) is 0.537. The molecule has 0 fully saturated rings. The molecule has 0 spiro atoms. The number of unbranched alkanes of at least 4 members (excludes halogenated alkanes) is 2. The fraction of sp³-hybridized carbons (Fsp3) is 0.714. The second kappa shape index (κ2) is 7.81. The Bertz CT molecular complexity index is 446. The van der Waals surface area contributed by atoms with Crippen LogP contribution in [0.2, 0.25) is 0 Å². The highest BCUT2D eigenvalue weighted by Gasteiger charge is 2.06. The molecule has 0 atom stereocenters. The average molecular weight is 268 g/mol. The summed E-state index contributed by atoms with van der Waals surface area (Å²) in [5, 5.41) is 0. The van der Waals surface area contributed by atoms with Crippen molar-refractivity contribution in [3.63, 3.8) is 0 Å². The second-order valence-corrected chi connectivity index (χ2v) is 4.89. The summed E-state index contributed by atoms with van der Waals surface area (Å²) in [5.74, 6) is -0.134. The Hall–Kier alpha value is -1.52. The number of carbonyl (C=O) groups excluding carboxylic acids is 1. The van der Waals surface area contributed by atoms with Gasteiger partial charge in [0.05, 0.1) is 6.61 Å². The van der Waals surface area contributed by atoms with Crippen molar-refractivity contribution in [2.75, 3.05) is 6.61 Å². The Morgan fingerprint density at radius 3 is 2.58 bits per heavy atom. The van der Waals surface area contributed by atoms with Crippen LogP contribution in [0.5, 0.6) is 0 Å². The third-order valence-corrected chi connectivity index (χ3v) is 3.02. The third kappa shape index (κ3) is 4.93. The molecule has 0 bridgehead atoms. The van der Waals surface area contributed by atoms with E-state index in [1.807, 2.05) is 33.2 Å². The summed E-state index contributed by atoms with van der Waals surface area (Å²) in [7, 11) is 0. The lowest BCUT2D eigenvalue weighted by Crippen LogP contribution is -2.25. The van der Waals surface area contributed by atoms with Crippen LogP contribution in [0, 0.1) is 0 Å². The van der Waals surface area contributed by atoms with Gasteiger partial charge in [0, 0.05) is 31.4 Å². The van der Waals surface area contributed by atoms with E-state index in [0.717, 1.165) is 19.3 Å². The van der Waals surface area contributed by atoms with Crippen LogP contribution in [-0.2, 0) is 16.1 Å². The van der Waals surface area contributed by atoms with E-state index in [4.69, 9.17) is 4.74 Å². The zero-order valence-electron chi connectivity index (χ0n) is 12.1. The topological polar surface area (TPSA) is 53.2 Å². The largest absolute Gasteiger partial charge is 0.466 e. The van der Waals surface area contributed by atoms with Crippen molar-refractivity contribution in [1.29, 1.82) is 0 Å². The zero-order chi connectivity index (χ0) is 14.3. The molecule has 1 rings (SSSR count). The lowest BCUT2D eigenvalue weighted by atomic mass is 10.2. The van der Waals surface area contributed by atoms with E-state index in [2.05, 4.69) is 0 Å². The zero-order valence-corrected chi connectivity index (χ0v) is 12.1. The van der Waals surface area contributed by atoms with Gasteiger partial charge in [-0.1, -0.05) is 6.42 Å². The molecule has 0 unspecified atom stereocenters. The van der Waals surface area contributed by atoms with E-state index in [1.54, 1.807) is 9.13 Å². The number of rotatable bonds is 8. The summed E-state index contributed by atoms with van der Waals surface area (Å²) in [6.45, 7) is 6.94. The fourth-order valence-corrected chi connectivity index (χ4v) is 1.95. The molecule has 0 aliphatic heterocycles. The highest BCUT2D eigenvalue weighted by molar-refractivity contribution is 5.69. The van der Waals surface area contributed by atoms with E-state index in [0.29, 0.717) is 19.6 Å². The van der Waals surface area contributed by atoms with Gasteiger partial charge in [-0.2, -0.15) is 0 Å². The maximum atomic E-state index is 11.9. The van der Waals surface area contributed by atoms with Crippen molar-refractivity contribution in [2.45, 2.75) is 59.0 Å². The third-order valence-electron chi connectivity index (χ3n) is 3.02. The number of esters is 1. The Balaban J connectivity index is 2.27. The molecule has 1 heterocycles. The average Bonchev–Trinajstić information content (AvgIpc) is 2.71. The lowest BCUT2D eigenvalue weighted by molar-refractivity contribution is -0.143. The number of carbonyl (C=O) groups is 1. The number of ether oxygens (including phenoxy) is 1. The van der Waals surface area contributed by atoms with Gasteiger partial charge in [0.15, 0.2) is 0 Å².